The summed E-state index contributed by atoms with van der Waals surface area (Å²) in [7, 11) is 0. The summed E-state index contributed by atoms with van der Waals surface area (Å²) >= 11 is 6.14. The maximum Gasteiger partial charge on any atom is 0.0720 e. The number of nitrogens with two attached hydrogens (primary N) is 1. The molecule has 0 spiro atoms. The van der Waals surface area contributed by atoms with E-state index in [0.29, 0.717) is 6.61 Å². The predicted molar refractivity (Wildman–Crippen MR) is 66.5 cm³/mol. The first-order chi connectivity index (χ1) is 7.75. The van der Waals surface area contributed by atoms with Crippen molar-refractivity contribution in [3.63, 3.8) is 0 Å². The quantitative estimate of drug-likeness (QED) is 0.824. The van der Waals surface area contributed by atoms with E-state index < -0.39 is 0 Å². The first-order valence-corrected chi connectivity index (χ1v) is 6.24. The monoisotopic (exact) mass is 239 g/mol. The summed E-state index contributed by atoms with van der Waals surface area (Å²) in [6.07, 6.45) is 3.13. The molecule has 1 aromatic rings. The van der Waals surface area contributed by atoms with Gasteiger partial charge >= 0.3 is 0 Å². The highest BCUT2D eigenvalue weighted by molar-refractivity contribution is 6.21. The van der Waals surface area contributed by atoms with Crippen LogP contribution in [0, 0.1) is 0 Å². The molecule has 1 aliphatic rings. The number of rotatable bonds is 3. The van der Waals surface area contributed by atoms with Crippen LogP contribution < -0.4 is 5.73 Å². The molecule has 2 N–H and O–H groups in total. The molecular weight excluding hydrogens is 222 g/mol. The summed E-state index contributed by atoms with van der Waals surface area (Å²) in [4.78, 5) is 0. The molecule has 3 atom stereocenters. The van der Waals surface area contributed by atoms with E-state index in [0.717, 1.165) is 19.3 Å². The fourth-order valence-electron chi connectivity index (χ4n) is 2.04. The summed E-state index contributed by atoms with van der Waals surface area (Å²) < 4.78 is 5.85. The highest BCUT2D eigenvalue weighted by Crippen LogP contribution is 2.25. The first-order valence-electron chi connectivity index (χ1n) is 5.81. The number of hydrogen-bond donors (Lipinski definition) is 1. The van der Waals surface area contributed by atoms with Gasteiger partial charge in [-0.3, -0.25) is 0 Å². The number of ether oxygens (including phenoxy) is 1. The van der Waals surface area contributed by atoms with Crippen molar-refractivity contribution in [1.29, 1.82) is 0 Å². The fourth-order valence-corrected chi connectivity index (χ4v) is 2.37. The van der Waals surface area contributed by atoms with Crippen LogP contribution in [-0.2, 0) is 11.3 Å². The Morgan fingerprint density at radius 2 is 2.00 bits per heavy atom. The van der Waals surface area contributed by atoms with Crippen LogP contribution in [0.3, 0.4) is 0 Å². The molecule has 88 valence electrons. The van der Waals surface area contributed by atoms with Gasteiger partial charge in [0.1, 0.15) is 0 Å². The second-order valence-electron chi connectivity index (χ2n) is 4.41. The zero-order chi connectivity index (χ0) is 11.4. The van der Waals surface area contributed by atoms with Crippen molar-refractivity contribution in [2.24, 2.45) is 5.73 Å². The Morgan fingerprint density at radius 1 is 1.25 bits per heavy atom. The molecule has 0 saturated heterocycles. The second-order valence-corrected chi connectivity index (χ2v) is 4.97. The highest BCUT2D eigenvalue weighted by atomic mass is 35.5. The Labute approximate surface area is 102 Å². The molecule has 0 amide bonds. The maximum atomic E-state index is 6.14. The smallest absolute Gasteiger partial charge is 0.0720 e. The zero-order valence-corrected chi connectivity index (χ0v) is 10.1. The van der Waals surface area contributed by atoms with Gasteiger partial charge in [0.05, 0.1) is 18.1 Å². The Balaban J connectivity index is 1.79. The van der Waals surface area contributed by atoms with Gasteiger partial charge in [-0.1, -0.05) is 30.3 Å². The van der Waals surface area contributed by atoms with Gasteiger partial charge in [-0.05, 0) is 24.8 Å². The molecule has 1 saturated carbocycles. The lowest BCUT2D eigenvalue weighted by atomic mass is 9.93. The van der Waals surface area contributed by atoms with Crippen molar-refractivity contribution in [1.82, 2.24) is 0 Å². The van der Waals surface area contributed by atoms with Crippen molar-refractivity contribution >= 4 is 11.6 Å². The van der Waals surface area contributed by atoms with Gasteiger partial charge in [0, 0.05) is 6.04 Å². The Morgan fingerprint density at radius 3 is 2.69 bits per heavy atom. The van der Waals surface area contributed by atoms with E-state index in [1.807, 2.05) is 18.2 Å². The molecule has 0 bridgehead atoms. The lowest BCUT2D eigenvalue weighted by Gasteiger charge is -2.30. The molecule has 1 aromatic carbocycles. The number of halogens is 1. The molecule has 2 nitrogen and oxygen atoms in total. The standard InChI is InChI=1S/C13H18ClNO/c14-12-8-11(6-7-13(12)15)16-9-10-4-2-1-3-5-10/h1-5,11-13H,6-9,15H2/t11-,12-,13-/m0/s1. The molecule has 0 heterocycles. The molecule has 0 unspecified atom stereocenters. The van der Waals surface area contributed by atoms with E-state index in [2.05, 4.69) is 12.1 Å². The average Bonchev–Trinajstić information content (AvgIpc) is 2.32. The summed E-state index contributed by atoms with van der Waals surface area (Å²) in [5, 5.41) is 0.0644. The summed E-state index contributed by atoms with van der Waals surface area (Å²) in [6.45, 7) is 0.671. The molecule has 1 fully saturated rings. The Kier molecular flexibility index (Phi) is 4.22. The molecule has 2 rings (SSSR count). The van der Waals surface area contributed by atoms with Gasteiger partial charge in [0.15, 0.2) is 0 Å². The van der Waals surface area contributed by atoms with Gasteiger partial charge in [-0.15, -0.1) is 11.6 Å². The van der Waals surface area contributed by atoms with Crippen LogP contribution in [0.2, 0.25) is 0 Å². The van der Waals surface area contributed by atoms with E-state index in [9.17, 15) is 0 Å². The van der Waals surface area contributed by atoms with Crippen LogP contribution in [0.25, 0.3) is 0 Å². The molecule has 1 aliphatic carbocycles. The summed E-state index contributed by atoms with van der Waals surface area (Å²) in [5.41, 5.74) is 7.07. The third-order valence-electron chi connectivity index (χ3n) is 3.10. The number of benzene rings is 1. The fraction of sp³-hybridized carbons (Fsp3) is 0.538. The van der Waals surface area contributed by atoms with Crippen molar-refractivity contribution < 1.29 is 4.74 Å². The van der Waals surface area contributed by atoms with Crippen LogP contribution in [0.4, 0.5) is 0 Å². The van der Waals surface area contributed by atoms with Crippen LogP contribution in [-0.4, -0.2) is 17.5 Å². The van der Waals surface area contributed by atoms with Crippen LogP contribution in [0.15, 0.2) is 30.3 Å². The van der Waals surface area contributed by atoms with Gasteiger partial charge in [0.2, 0.25) is 0 Å². The number of alkyl halides is 1. The lowest BCUT2D eigenvalue weighted by Crippen LogP contribution is -2.39. The topological polar surface area (TPSA) is 35.2 Å². The second kappa shape index (κ2) is 5.67. The van der Waals surface area contributed by atoms with Gasteiger partial charge in [0.25, 0.3) is 0 Å². The minimum Gasteiger partial charge on any atom is -0.373 e. The first kappa shape index (κ1) is 11.9. The molecule has 3 heteroatoms. The van der Waals surface area contributed by atoms with Crippen molar-refractivity contribution in [2.45, 2.75) is 43.4 Å². The lowest BCUT2D eigenvalue weighted by molar-refractivity contribution is 0.0150. The van der Waals surface area contributed by atoms with Crippen LogP contribution >= 0.6 is 11.6 Å². The highest BCUT2D eigenvalue weighted by Gasteiger charge is 2.26. The molecular formula is C13H18ClNO. The summed E-state index contributed by atoms with van der Waals surface area (Å²) in [6, 6.07) is 10.4. The Bertz CT molecular complexity index is 317. The van der Waals surface area contributed by atoms with Crippen LogP contribution in [0.1, 0.15) is 24.8 Å². The molecule has 0 aliphatic heterocycles. The Hall–Kier alpha value is -0.570. The van der Waals surface area contributed by atoms with E-state index in [1.54, 1.807) is 0 Å². The molecule has 16 heavy (non-hydrogen) atoms. The minimum atomic E-state index is 0.0644. The average molecular weight is 240 g/mol. The number of hydrogen-bond acceptors (Lipinski definition) is 2. The van der Waals surface area contributed by atoms with E-state index >= 15 is 0 Å². The van der Waals surface area contributed by atoms with Crippen LogP contribution in [0.5, 0.6) is 0 Å². The van der Waals surface area contributed by atoms with Crippen molar-refractivity contribution in [2.75, 3.05) is 0 Å². The van der Waals surface area contributed by atoms with Crippen molar-refractivity contribution in [3.05, 3.63) is 35.9 Å². The molecule has 0 aromatic heterocycles. The van der Waals surface area contributed by atoms with Gasteiger partial charge < -0.3 is 10.5 Å². The molecule has 0 radical (unpaired) electrons. The largest absolute Gasteiger partial charge is 0.373 e. The normalized spacial score (nSPS) is 30.2. The minimum absolute atomic E-state index is 0.0644. The van der Waals surface area contributed by atoms with Gasteiger partial charge in [-0.25, -0.2) is 0 Å². The third-order valence-corrected chi connectivity index (χ3v) is 3.60. The maximum absolute atomic E-state index is 6.14. The third kappa shape index (κ3) is 3.21. The SMILES string of the molecule is N[C@H]1CC[C@H](OCc2ccccc2)C[C@@H]1Cl. The van der Waals surface area contributed by atoms with Crippen molar-refractivity contribution in [3.8, 4) is 0 Å². The summed E-state index contributed by atoms with van der Waals surface area (Å²) in [5.74, 6) is 0. The predicted octanol–water partition coefficient (Wildman–Crippen LogP) is 2.69. The zero-order valence-electron chi connectivity index (χ0n) is 9.31. The van der Waals surface area contributed by atoms with E-state index in [-0.39, 0.29) is 17.5 Å². The van der Waals surface area contributed by atoms with E-state index in [1.165, 1.54) is 5.56 Å². The van der Waals surface area contributed by atoms with E-state index in [4.69, 9.17) is 22.1 Å². The van der Waals surface area contributed by atoms with Gasteiger partial charge in [-0.2, -0.15) is 0 Å².